The van der Waals surface area contributed by atoms with Gasteiger partial charge in [0.2, 0.25) is 0 Å². The molecule has 0 rings (SSSR count). The molecule has 9 heteroatoms. The standard InChI is InChI=1S/C6H14B3O6.6CH4/c10-7-3-13-1-6(15-5-9-12)2-14-4-8-11;;;;;;/h6,10-12H,1-5H2;6*1H4. The van der Waals surface area contributed by atoms with Crippen molar-refractivity contribution in [2.75, 3.05) is 32.7 Å². The van der Waals surface area contributed by atoms with Crippen LogP contribution in [0.2, 0.25) is 0 Å². The second-order valence-corrected chi connectivity index (χ2v) is 2.58. The molecule has 0 aromatic carbocycles. The van der Waals surface area contributed by atoms with Crippen molar-refractivity contribution in [3.8, 4) is 0 Å². The van der Waals surface area contributed by atoms with Crippen molar-refractivity contribution in [3.05, 3.63) is 0 Å². The Balaban J connectivity index is -0.0000000653. The molecule has 3 N–H and O–H groups in total. The summed E-state index contributed by atoms with van der Waals surface area (Å²) in [5.41, 5.74) is 0. The summed E-state index contributed by atoms with van der Waals surface area (Å²) in [6.07, 6.45) is -0.353. The summed E-state index contributed by atoms with van der Waals surface area (Å²) in [5, 5.41) is 25.2. The first-order valence-corrected chi connectivity index (χ1v) is 4.49. The Morgan fingerprint density at radius 3 is 1.24 bits per heavy atom. The molecule has 0 saturated heterocycles. The lowest BCUT2D eigenvalue weighted by Gasteiger charge is -2.16. The van der Waals surface area contributed by atoms with Crippen LogP contribution in [0, 0.1) is 0 Å². The van der Waals surface area contributed by atoms with Crippen LogP contribution in [0.5, 0.6) is 0 Å². The Morgan fingerprint density at radius 2 is 0.952 bits per heavy atom. The molecule has 0 aromatic rings. The summed E-state index contributed by atoms with van der Waals surface area (Å²) in [6, 6.07) is 0. The van der Waals surface area contributed by atoms with Crippen molar-refractivity contribution in [1.82, 2.24) is 0 Å². The van der Waals surface area contributed by atoms with E-state index in [0.717, 1.165) is 22.4 Å². The molecule has 0 aliphatic heterocycles. The van der Waals surface area contributed by atoms with E-state index in [-0.39, 0.29) is 83.4 Å². The monoisotopic (exact) mass is 311 g/mol. The zero-order chi connectivity index (χ0) is 11.4. The SMILES string of the molecule is C.C.C.C.C.C.O[B]COCC(COC[B]O)OC[B]O. The maximum atomic E-state index is 8.43. The molecule has 0 spiro atoms. The minimum absolute atomic E-state index is 0. The van der Waals surface area contributed by atoms with Gasteiger partial charge in [-0.05, 0) is 0 Å². The van der Waals surface area contributed by atoms with Gasteiger partial charge in [-0.2, -0.15) is 0 Å². The molecule has 0 fully saturated rings. The number of hydrogen-bond donors (Lipinski definition) is 3. The molecule has 0 bridgehead atoms. The van der Waals surface area contributed by atoms with Crippen molar-refractivity contribution in [2.45, 2.75) is 50.7 Å². The first-order chi connectivity index (χ1) is 7.35. The lowest BCUT2D eigenvalue weighted by molar-refractivity contribution is -0.0357. The van der Waals surface area contributed by atoms with Crippen LogP contribution in [0.1, 0.15) is 44.6 Å². The van der Waals surface area contributed by atoms with E-state index in [1.165, 1.54) is 0 Å². The maximum Gasteiger partial charge on any atom is 0.315 e. The quantitative estimate of drug-likeness (QED) is 0.389. The summed E-state index contributed by atoms with van der Waals surface area (Å²) in [5.74, 6) is 0. The van der Waals surface area contributed by atoms with Gasteiger partial charge in [0.15, 0.2) is 0 Å². The number of ether oxygens (including phenoxy) is 3. The average Bonchev–Trinajstić information content (AvgIpc) is 2.25. The largest absolute Gasteiger partial charge is 0.452 e. The molecule has 131 valence electrons. The highest BCUT2D eigenvalue weighted by molar-refractivity contribution is 6.25. The van der Waals surface area contributed by atoms with Crippen LogP contribution in [0.3, 0.4) is 0 Å². The van der Waals surface area contributed by atoms with Crippen molar-refractivity contribution in [1.29, 1.82) is 0 Å². The molecule has 3 radical (unpaired) electrons. The van der Waals surface area contributed by atoms with Gasteiger partial charge in [-0.1, -0.05) is 44.6 Å². The van der Waals surface area contributed by atoms with Crippen LogP contribution in [-0.2, 0) is 14.2 Å². The van der Waals surface area contributed by atoms with Gasteiger partial charge >= 0.3 is 22.4 Å². The average molecular weight is 311 g/mol. The van der Waals surface area contributed by atoms with Gasteiger partial charge in [0.25, 0.3) is 0 Å². The van der Waals surface area contributed by atoms with Gasteiger partial charge in [0.05, 0.1) is 13.2 Å². The maximum absolute atomic E-state index is 8.43. The lowest BCUT2D eigenvalue weighted by Crippen LogP contribution is -2.29. The van der Waals surface area contributed by atoms with E-state index in [1.54, 1.807) is 0 Å². The summed E-state index contributed by atoms with van der Waals surface area (Å²) < 4.78 is 15.1. The van der Waals surface area contributed by atoms with Crippen LogP contribution in [0.4, 0.5) is 0 Å². The van der Waals surface area contributed by atoms with Gasteiger partial charge in [-0.25, -0.2) is 0 Å². The van der Waals surface area contributed by atoms with Crippen LogP contribution < -0.4 is 0 Å². The van der Waals surface area contributed by atoms with E-state index in [1.807, 2.05) is 0 Å². The molecular weight excluding hydrogens is 273 g/mol. The zero-order valence-corrected chi connectivity index (χ0v) is 8.41. The van der Waals surface area contributed by atoms with Crippen molar-refractivity contribution < 1.29 is 29.3 Å². The summed E-state index contributed by atoms with van der Waals surface area (Å²) in [4.78, 5) is 0. The topological polar surface area (TPSA) is 88.4 Å². The molecule has 0 aromatic heterocycles. The Labute approximate surface area is 136 Å². The fraction of sp³-hybridized carbons (Fsp3) is 1.00. The minimum atomic E-state index is -0.353. The van der Waals surface area contributed by atoms with E-state index in [9.17, 15) is 0 Å². The summed E-state index contributed by atoms with van der Waals surface area (Å²) in [6.45, 7) is 0.749. The molecule has 0 aliphatic carbocycles. The van der Waals surface area contributed by atoms with Crippen LogP contribution in [-0.4, -0.2) is 76.4 Å². The third-order valence-electron chi connectivity index (χ3n) is 1.40. The zero-order valence-electron chi connectivity index (χ0n) is 8.41. The number of rotatable bonds is 11. The van der Waals surface area contributed by atoms with Crippen molar-refractivity contribution in [2.24, 2.45) is 0 Å². The van der Waals surface area contributed by atoms with E-state index in [0.29, 0.717) is 0 Å². The Hall–Kier alpha value is -0.0452. The third kappa shape index (κ3) is 33.0. The molecule has 0 aliphatic rings. The van der Waals surface area contributed by atoms with Gasteiger partial charge in [-0.3, -0.25) is 0 Å². The predicted molar refractivity (Wildman–Crippen MR) is 95.7 cm³/mol. The van der Waals surface area contributed by atoms with Crippen LogP contribution >= 0.6 is 0 Å². The Morgan fingerprint density at radius 1 is 0.619 bits per heavy atom. The predicted octanol–water partition coefficient (Wildman–Crippen LogP) is 0.928. The molecule has 0 heterocycles. The molecule has 0 saturated carbocycles. The van der Waals surface area contributed by atoms with E-state index in [2.05, 4.69) is 0 Å². The minimum Gasteiger partial charge on any atom is -0.452 e. The fourth-order valence-electron chi connectivity index (χ4n) is 0.828. The smallest absolute Gasteiger partial charge is 0.315 e. The molecule has 21 heavy (non-hydrogen) atoms. The Bertz CT molecular complexity index is 126. The fourth-order valence-corrected chi connectivity index (χ4v) is 0.828. The van der Waals surface area contributed by atoms with E-state index >= 15 is 0 Å². The summed E-state index contributed by atoms with van der Waals surface area (Å²) in [7, 11) is 2.65. The highest BCUT2D eigenvalue weighted by atomic mass is 16.6. The van der Waals surface area contributed by atoms with E-state index < -0.39 is 0 Å². The molecule has 6 nitrogen and oxygen atoms in total. The van der Waals surface area contributed by atoms with Gasteiger partial charge in [0, 0.05) is 19.5 Å². The normalized spacial score (nSPS) is 7.43. The second kappa shape index (κ2) is 36.8. The van der Waals surface area contributed by atoms with E-state index in [4.69, 9.17) is 29.3 Å². The summed E-state index contributed by atoms with van der Waals surface area (Å²) >= 11 is 0. The third-order valence-corrected chi connectivity index (χ3v) is 1.40. The van der Waals surface area contributed by atoms with Gasteiger partial charge in [0.1, 0.15) is 6.10 Å². The molecule has 0 unspecified atom stereocenters. The highest BCUT2D eigenvalue weighted by Crippen LogP contribution is 1.94. The molecular formula is C12H38B3O6. The highest BCUT2D eigenvalue weighted by Gasteiger charge is 2.10. The Kier molecular flexibility index (Phi) is 75.1. The van der Waals surface area contributed by atoms with Crippen molar-refractivity contribution in [3.63, 3.8) is 0 Å². The lowest BCUT2D eigenvalue weighted by atomic mass is 10.1. The van der Waals surface area contributed by atoms with Crippen molar-refractivity contribution >= 4 is 22.4 Å². The molecule has 0 atom stereocenters. The number of hydrogen-bond acceptors (Lipinski definition) is 6. The first-order valence-electron chi connectivity index (χ1n) is 4.49. The second-order valence-electron chi connectivity index (χ2n) is 2.58. The van der Waals surface area contributed by atoms with Crippen LogP contribution in [0.15, 0.2) is 0 Å². The molecule has 0 amide bonds. The van der Waals surface area contributed by atoms with Crippen LogP contribution in [0.25, 0.3) is 0 Å². The van der Waals surface area contributed by atoms with Gasteiger partial charge < -0.3 is 29.3 Å². The first kappa shape index (κ1) is 42.8. The van der Waals surface area contributed by atoms with Gasteiger partial charge in [-0.15, -0.1) is 0 Å².